The lowest BCUT2D eigenvalue weighted by molar-refractivity contribution is -0.122. The smallest absolute Gasteiger partial charge is 0.220 e. The lowest BCUT2D eigenvalue weighted by Crippen LogP contribution is -2.23. The fourth-order valence-electron chi connectivity index (χ4n) is 2.10. The number of carbonyl (C=O) groups excluding carboxylic acids is 1. The third kappa shape index (κ3) is 10.3. The Kier molecular flexibility index (Phi) is 11.5. The SMILES string of the molecule is CCCCCCC(CCCCCCO)C(N)=O. The first-order valence-corrected chi connectivity index (χ1v) is 7.12. The van der Waals surface area contributed by atoms with E-state index in [2.05, 4.69) is 6.92 Å². The first-order valence-electron chi connectivity index (χ1n) is 7.12. The second-order valence-corrected chi connectivity index (χ2v) is 4.88. The summed E-state index contributed by atoms with van der Waals surface area (Å²) in [5, 5.41) is 8.66. The summed E-state index contributed by atoms with van der Waals surface area (Å²) in [6.45, 7) is 2.46. The van der Waals surface area contributed by atoms with Crippen LogP contribution in [0.5, 0.6) is 0 Å². The Balaban J connectivity index is 3.57. The fourth-order valence-corrected chi connectivity index (χ4v) is 2.10. The van der Waals surface area contributed by atoms with Crippen molar-refractivity contribution < 1.29 is 9.90 Å². The summed E-state index contributed by atoms with van der Waals surface area (Å²) in [6.07, 6.45) is 10.8. The van der Waals surface area contributed by atoms with Crippen LogP contribution >= 0.6 is 0 Å². The third-order valence-corrected chi connectivity index (χ3v) is 3.27. The van der Waals surface area contributed by atoms with Crippen molar-refractivity contribution in [1.29, 1.82) is 0 Å². The molecule has 0 aliphatic rings. The average molecular weight is 243 g/mol. The normalized spacial score (nSPS) is 12.6. The summed E-state index contributed by atoms with van der Waals surface area (Å²) in [5.41, 5.74) is 5.41. The summed E-state index contributed by atoms with van der Waals surface area (Å²) in [6, 6.07) is 0. The Bertz CT molecular complexity index is 183. The molecule has 1 atom stereocenters. The van der Waals surface area contributed by atoms with Crippen LogP contribution in [-0.4, -0.2) is 17.6 Å². The standard InChI is InChI=1S/C14H29NO2/c1-2-3-4-7-10-13(14(15)17)11-8-5-6-9-12-16/h13,16H,2-12H2,1H3,(H2,15,17). The van der Waals surface area contributed by atoms with Gasteiger partial charge in [-0.15, -0.1) is 0 Å². The molecular weight excluding hydrogens is 214 g/mol. The highest BCUT2D eigenvalue weighted by atomic mass is 16.2. The second kappa shape index (κ2) is 11.9. The molecule has 0 rings (SSSR count). The van der Waals surface area contributed by atoms with Crippen LogP contribution in [0.15, 0.2) is 0 Å². The summed E-state index contributed by atoms with van der Waals surface area (Å²) >= 11 is 0. The predicted octanol–water partition coefficient (Wildman–Crippen LogP) is 3.00. The van der Waals surface area contributed by atoms with Gasteiger partial charge in [-0.1, -0.05) is 51.9 Å². The van der Waals surface area contributed by atoms with Crippen LogP contribution in [0.1, 0.15) is 71.1 Å². The van der Waals surface area contributed by atoms with Gasteiger partial charge >= 0.3 is 0 Å². The number of hydrogen-bond acceptors (Lipinski definition) is 2. The van der Waals surface area contributed by atoms with Gasteiger partial charge in [0.05, 0.1) is 0 Å². The molecule has 0 radical (unpaired) electrons. The van der Waals surface area contributed by atoms with Gasteiger partial charge in [-0.3, -0.25) is 4.79 Å². The van der Waals surface area contributed by atoms with E-state index < -0.39 is 0 Å². The lowest BCUT2D eigenvalue weighted by atomic mass is 9.94. The Hall–Kier alpha value is -0.570. The van der Waals surface area contributed by atoms with Crippen molar-refractivity contribution in [2.24, 2.45) is 11.7 Å². The largest absolute Gasteiger partial charge is 0.396 e. The van der Waals surface area contributed by atoms with Gasteiger partial charge < -0.3 is 10.8 Å². The number of aliphatic hydroxyl groups excluding tert-OH is 1. The number of hydrogen-bond donors (Lipinski definition) is 2. The van der Waals surface area contributed by atoms with E-state index in [1.807, 2.05) is 0 Å². The van der Waals surface area contributed by atoms with Crippen LogP contribution < -0.4 is 5.73 Å². The zero-order valence-corrected chi connectivity index (χ0v) is 11.3. The van der Waals surface area contributed by atoms with E-state index >= 15 is 0 Å². The highest BCUT2D eigenvalue weighted by Gasteiger charge is 2.13. The van der Waals surface area contributed by atoms with Gasteiger partial charge in [-0.25, -0.2) is 0 Å². The minimum absolute atomic E-state index is 0.0704. The van der Waals surface area contributed by atoms with Crippen LogP contribution in [0.4, 0.5) is 0 Å². The van der Waals surface area contributed by atoms with E-state index in [4.69, 9.17) is 10.8 Å². The van der Waals surface area contributed by atoms with E-state index in [1.54, 1.807) is 0 Å². The third-order valence-electron chi connectivity index (χ3n) is 3.27. The van der Waals surface area contributed by atoms with Gasteiger partial charge in [0.2, 0.25) is 5.91 Å². The minimum atomic E-state index is -0.136. The molecule has 0 aromatic carbocycles. The lowest BCUT2D eigenvalue weighted by Gasteiger charge is -2.12. The number of carbonyl (C=O) groups is 1. The van der Waals surface area contributed by atoms with E-state index in [-0.39, 0.29) is 18.4 Å². The fraction of sp³-hybridized carbons (Fsp3) is 0.929. The van der Waals surface area contributed by atoms with Crippen LogP contribution in [0.3, 0.4) is 0 Å². The Morgan fingerprint density at radius 1 is 1.00 bits per heavy atom. The van der Waals surface area contributed by atoms with Gasteiger partial charge in [0.25, 0.3) is 0 Å². The molecule has 0 spiro atoms. The molecule has 0 aliphatic carbocycles. The number of primary amides is 1. The quantitative estimate of drug-likeness (QED) is 0.518. The van der Waals surface area contributed by atoms with Gasteiger partial charge in [0.15, 0.2) is 0 Å². The summed E-state index contributed by atoms with van der Waals surface area (Å²) in [5.74, 6) is -0.0651. The van der Waals surface area contributed by atoms with Crippen molar-refractivity contribution in [3.63, 3.8) is 0 Å². The summed E-state index contributed by atoms with van der Waals surface area (Å²) < 4.78 is 0. The molecule has 0 aromatic rings. The predicted molar refractivity (Wildman–Crippen MR) is 71.6 cm³/mol. The Labute approximate surface area is 106 Å². The molecule has 0 saturated carbocycles. The van der Waals surface area contributed by atoms with Crippen molar-refractivity contribution in [1.82, 2.24) is 0 Å². The monoisotopic (exact) mass is 243 g/mol. The van der Waals surface area contributed by atoms with Crippen molar-refractivity contribution in [2.75, 3.05) is 6.61 Å². The molecule has 0 aromatic heterocycles. The van der Waals surface area contributed by atoms with Crippen LogP contribution in [0, 0.1) is 5.92 Å². The maximum Gasteiger partial charge on any atom is 0.220 e. The zero-order chi connectivity index (χ0) is 12.9. The van der Waals surface area contributed by atoms with Gasteiger partial charge in [0, 0.05) is 12.5 Å². The van der Waals surface area contributed by atoms with Gasteiger partial charge in [0.1, 0.15) is 0 Å². The summed E-state index contributed by atoms with van der Waals surface area (Å²) in [4.78, 5) is 11.3. The summed E-state index contributed by atoms with van der Waals surface area (Å²) in [7, 11) is 0. The highest BCUT2D eigenvalue weighted by molar-refractivity contribution is 5.76. The molecule has 0 heterocycles. The molecule has 3 N–H and O–H groups in total. The molecule has 3 heteroatoms. The number of amides is 1. The topological polar surface area (TPSA) is 63.3 Å². The Morgan fingerprint density at radius 2 is 1.53 bits per heavy atom. The van der Waals surface area contributed by atoms with Crippen molar-refractivity contribution in [2.45, 2.75) is 71.1 Å². The van der Waals surface area contributed by atoms with Crippen LogP contribution in [-0.2, 0) is 4.79 Å². The van der Waals surface area contributed by atoms with Crippen LogP contribution in [0.2, 0.25) is 0 Å². The molecule has 0 fully saturated rings. The first-order chi connectivity index (χ1) is 8.22. The van der Waals surface area contributed by atoms with E-state index in [9.17, 15) is 4.79 Å². The number of rotatable bonds is 12. The number of aliphatic hydroxyl groups is 1. The van der Waals surface area contributed by atoms with Crippen molar-refractivity contribution >= 4 is 5.91 Å². The number of unbranched alkanes of at least 4 members (excludes halogenated alkanes) is 6. The zero-order valence-electron chi connectivity index (χ0n) is 11.3. The molecule has 0 saturated heterocycles. The van der Waals surface area contributed by atoms with E-state index in [0.29, 0.717) is 0 Å². The molecular formula is C14H29NO2. The maximum atomic E-state index is 11.3. The minimum Gasteiger partial charge on any atom is -0.396 e. The molecule has 1 unspecified atom stereocenters. The molecule has 0 bridgehead atoms. The molecule has 102 valence electrons. The number of nitrogens with two attached hydrogens (primary N) is 1. The Morgan fingerprint density at radius 3 is 2.00 bits per heavy atom. The van der Waals surface area contributed by atoms with Gasteiger partial charge in [-0.05, 0) is 19.3 Å². The van der Waals surface area contributed by atoms with Gasteiger partial charge in [-0.2, -0.15) is 0 Å². The van der Waals surface area contributed by atoms with Crippen LogP contribution in [0.25, 0.3) is 0 Å². The first kappa shape index (κ1) is 16.4. The molecule has 0 aliphatic heterocycles. The van der Waals surface area contributed by atoms with E-state index in [1.165, 1.54) is 19.3 Å². The molecule has 17 heavy (non-hydrogen) atoms. The van der Waals surface area contributed by atoms with E-state index in [0.717, 1.165) is 44.9 Å². The average Bonchev–Trinajstić information content (AvgIpc) is 2.31. The molecule has 1 amide bonds. The molecule has 3 nitrogen and oxygen atoms in total. The maximum absolute atomic E-state index is 11.3. The van der Waals surface area contributed by atoms with Crippen molar-refractivity contribution in [3.05, 3.63) is 0 Å². The second-order valence-electron chi connectivity index (χ2n) is 4.88. The highest BCUT2D eigenvalue weighted by Crippen LogP contribution is 2.17. The van der Waals surface area contributed by atoms with Crippen molar-refractivity contribution in [3.8, 4) is 0 Å².